The van der Waals surface area contributed by atoms with Crippen LogP contribution in [0.2, 0.25) is 0 Å². The van der Waals surface area contributed by atoms with Crippen molar-refractivity contribution in [2.75, 3.05) is 7.11 Å². The maximum Gasteiger partial charge on any atom is 0.373 e. The second-order valence-electron chi connectivity index (χ2n) is 4.47. The summed E-state index contributed by atoms with van der Waals surface area (Å²) in [5.74, 6) is 0.230. The molecule has 4 heteroatoms. The number of carbonyl (C=O) groups excluding carboxylic acids is 1. The van der Waals surface area contributed by atoms with E-state index in [9.17, 15) is 4.79 Å². The van der Waals surface area contributed by atoms with E-state index in [-0.39, 0.29) is 5.76 Å². The maximum atomic E-state index is 11.8. The van der Waals surface area contributed by atoms with Gasteiger partial charge in [0.2, 0.25) is 5.76 Å². The lowest BCUT2D eigenvalue weighted by Gasteiger charge is -2.09. The summed E-state index contributed by atoms with van der Waals surface area (Å²) in [4.78, 5) is 11.8. The van der Waals surface area contributed by atoms with Crippen LogP contribution < -0.4 is 4.74 Å². The molecule has 0 amide bonds. The highest BCUT2D eigenvalue weighted by Crippen LogP contribution is 2.19. The molecule has 2 aromatic carbocycles. The number of hydrogen-bond acceptors (Lipinski definition) is 3. The molecule has 0 radical (unpaired) electrons. The summed E-state index contributed by atoms with van der Waals surface area (Å²) in [6, 6.07) is 15.0. The zero-order chi connectivity index (χ0) is 15.2. The summed E-state index contributed by atoms with van der Waals surface area (Å²) in [6.07, 6.45) is 1.65. The van der Waals surface area contributed by atoms with E-state index in [0.29, 0.717) is 5.75 Å². The first-order chi connectivity index (χ1) is 10.1. The van der Waals surface area contributed by atoms with Crippen LogP contribution in [0.4, 0.5) is 0 Å². The van der Waals surface area contributed by atoms with Gasteiger partial charge in [-0.3, -0.25) is 0 Å². The van der Waals surface area contributed by atoms with Crippen molar-refractivity contribution in [1.29, 1.82) is 0 Å². The molecule has 0 bridgehead atoms. The summed E-state index contributed by atoms with van der Waals surface area (Å²) in [5.41, 5.74) is 1.91. The van der Waals surface area contributed by atoms with Crippen molar-refractivity contribution < 1.29 is 14.3 Å². The van der Waals surface area contributed by atoms with Gasteiger partial charge in [-0.05, 0) is 48.4 Å². The Bertz CT molecular complexity index is 660. The molecule has 0 atom stereocenters. The second-order valence-corrected chi connectivity index (χ2v) is 5.39. The number of methoxy groups -OCH3 is 1. The number of halogens is 1. The van der Waals surface area contributed by atoms with Gasteiger partial charge in [-0.25, -0.2) is 4.79 Å². The lowest BCUT2D eigenvalue weighted by molar-refractivity contribution is -0.138. The first-order valence-electron chi connectivity index (χ1n) is 6.38. The van der Waals surface area contributed by atoms with Gasteiger partial charge in [0, 0.05) is 4.47 Å². The van der Waals surface area contributed by atoms with Gasteiger partial charge in [0.15, 0.2) is 0 Å². The van der Waals surface area contributed by atoms with Crippen molar-refractivity contribution in [3.05, 3.63) is 69.9 Å². The molecule has 21 heavy (non-hydrogen) atoms. The van der Waals surface area contributed by atoms with Crippen LogP contribution >= 0.6 is 15.9 Å². The van der Waals surface area contributed by atoms with Gasteiger partial charge in [0.05, 0.1) is 7.11 Å². The molecule has 0 unspecified atom stereocenters. The molecule has 0 saturated heterocycles. The molecule has 2 aromatic rings. The Kier molecular flexibility index (Phi) is 5.17. The molecule has 2 rings (SSSR count). The molecule has 0 aliphatic rings. The van der Waals surface area contributed by atoms with E-state index in [4.69, 9.17) is 9.47 Å². The molecule has 3 nitrogen and oxygen atoms in total. The summed E-state index contributed by atoms with van der Waals surface area (Å²) in [6.45, 7) is 1.96. The number of ether oxygens (including phenoxy) is 2. The van der Waals surface area contributed by atoms with Crippen LogP contribution in [0.25, 0.3) is 6.08 Å². The Hall–Kier alpha value is -2.07. The van der Waals surface area contributed by atoms with Crippen LogP contribution in [0, 0.1) is 6.92 Å². The van der Waals surface area contributed by atoms with Crippen LogP contribution in [0.3, 0.4) is 0 Å². The van der Waals surface area contributed by atoms with E-state index in [2.05, 4.69) is 15.9 Å². The number of carbonyl (C=O) groups is 1. The van der Waals surface area contributed by atoms with Gasteiger partial charge in [-0.2, -0.15) is 0 Å². The van der Waals surface area contributed by atoms with E-state index >= 15 is 0 Å². The zero-order valence-electron chi connectivity index (χ0n) is 11.8. The number of aryl methyl sites for hydroxylation is 1. The lowest BCUT2D eigenvalue weighted by Crippen LogP contribution is -2.10. The van der Waals surface area contributed by atoms with Gasteiger partial charge in [0.1, 0.15) is 5.75 Å². The normalized spacial score (nSPS) is 11.1. The van der Waals surface area contributed by atoms with Crippen molar-refractivity contribution >= 4 is 28.0 Å². The smallest absolute Gasteiger partial charge is 0.373 e. The Balaban J connectivity index is 2.30. The highest BCUT2D eigenvalue weighted by molar-refractivity contribution is 9.10. The third-order valence-electron chi connectivity index (χ3n) is 2.77. The highest BCUT2D eigenvalue weighted by atomic mass is 79.9. The minimum absolute atomic E-state index is 0.144. The van der Waals surface area contributed by atoms with Gasteiger partial charge < -0.3 is 9.47 Å². The molecule has 0 fully saturated rings. The average molecular weight is 347 g/mol. The third kappa shape index (κ3) is 4.46. The SMILES string of the molecule is COC(=O)/C(=C/c1ccc(Br)cc1)Oc1cccc(C)c1. The largest absolute Gasteiger partial charge is 0.463 e. The van der Waals surface area contributed by atoms with Crippen LogP contribution in [0.5, 0.6) is 5.75 Å². The quantitative estimate of drug-likeness (QED) is 0.469. The number of esters is 1. The van der Waals surface area contributed by atoms with Crippen molar-refractivity contribution in [1.82, 2.24) is 0 Å². The molecular formula is C17H15BrO3. The van der Waals surface area contributed by atoms with Crippen LogP contribution in [0.1, 0.15) is 11.1 Å². The first kappa shape index (κ1) is 15.3. The molecule has 0 spiro atoms. The Morgan fingerprint density at radius 1 is 1.14 bits per heavy atom. The van der Waals surface area contributed by atoms with Crippen LogP contribution in [-0.4, -0.2) is 13.1 Å². The minimum Gasteiger partial charge on any atom is -0.463 e. The molecule has 0 aromatic heterocycles. The third-order valence-corrected chi connectivity index (χ3v) is 3.30. The fraction of sp³-hybridized carbons (Fsp3) is 0.118. The molecule has 0 aliphatic carbocycles. The Morgan fingerprint density at radius 3 is 2.48 bits per heavy atom. The molecule has 0 N–H and O–H groups in total. The molecule has 0 heterocycles. The summed E-state index contributed by atoms with van der Waals surface area (Å²) in [5, 5.41) is 0. The van der Waals surface area contributed by atoms with Gasteiger partial charge in [-0.1, -0.05) is 40.2 Å². The van der Waals surface area contributed by atoms with E-state index in [0.717, 1.165) is 15.6 Å². The van der Waals surface area contributed by atoms with E-state index in [1.165, 1.54) is 7.11 Å². The topological polar surface area (TPSA) is 35.5 Å². The van der Waals surface area contributed by atoms with Crippen molar-refractivity contribution in [2.45, 2.75) is 6.92 Å². The average Bonchev–Trinajstić information content (AvgIpc) is 2.48. The monoisotopic (exact) mass is 346 g/mol. The standard InChI is InChI=1S/C17H15BrO3/c1-12-4-3-5-15(10-12)21-16(17(19)20-2)11-13-6-8-14(18)9-7-13/h3-11H,1-2H3/b16-11-. The fourth-order valence-electron chi connectivity index (χ4n) is 1.75. The van der Waals surface area contributed by atoms with Gasteiger partial charge in [0.25, 0.3) is 0 Å². The summed E-state index contributed by atoms with van der Waals surface area (Å²) in [7, 11) is 1.33. The fourth-order valence-corrected chi connectivity index (χ4v) is 2.01. The number of rotatable bonds is 4. The lowest BCUT2D eigenvalue weighted by atomic mass is 10.2. The minimum atomic E-state index is -0.514. The Labute approximate surface area is 132 Å². The zero-order valence-corrected chi connectivity index (χ0v) is 13.4. The molecule has 108 valence electrons. The summed E-state index contributed by atoms with van der Waals surface area (Å²) < 4.78 is 11.4. The van der Waals surface area contributed by atoms with Crippen molar-refractivity contribution in [3.63, 3.8) is 0 Å². The predicted molar refractivity (Wildman–Crippen MR) is 85.9 cm³/mol. The summed E-state index contributed by atoms with van der Waals surface area (Å²) >= 11 is 3.37. The van der Waals surface area contributed by atoms with E-state index in [1.807, 2.05) is 49.4 Å². The predicted octanol–water partition coefficient (Wildman–Crippen LogP) is 4.35. The van der Waals surface area contributed by atoms with Crippen molar-refractivity contribution in [2.24, 2.45) is 0 Å². The van der Waals surface area contributed by atoms with E-state index in [1.54, 1.807) is 12.1 Å². The van der Waals surface area contributed by atoms with Crippen LogP contribution in [0.15, 0.2) is 58.8 Å². The van der Waals surface area contributed by atoms with Gasteiger partial charge in [-0.15, -0.1) is 0 Å². The number of hydrogen-bond donors (Lipinski definition) is 0. The Morgan fingerprint density at radius 2 is 1.86 bits per heavy atom. The first-order valence-corrected chi connectivity index (χ1v) is 7.18. The molecular weight excluding hydrogens is 332 g/mol. The number of benzene rings is 2. The van der Waals surface area contributed by atoms with Gasteiger partial charge >= 0.3 is 5.97 Å². The van der Waals surface area contributed by atoms with Crippen molar-refractivity contribution in [3.8, 4) is 5.75 Å². The highest BCUT2D eigenvalue weighted by Gasteiger charge is 2.12. The second kappa shape index (κ2) is 7.09. The maximum absolute atomic E-state index is 11.8. The van der Waals surface area contributed by atoms with Crippen LogP contribution in [-0.2, 0) is 9.53 Å². The molecule has 0 aliphatic heterocycles. The van der Waals surface area contributed by atoms with E-state index < -0.39 is 5.97 Å². The molecule has 0 saturated carbocycles.